The topological polar surface area (TPSA) is 55.8 Å². The quantitative estimate of drug-likeness (QED) is 0.839. The molecule has 0 bridgehead atoms. The highest BCUT2D eigenvalue weighted by Crippen LogP contribution is 2.24. The van der Waals surface area contributed by atoms with Crippen LogP contribution in [0.4, 0.5) is 8.78 Å². The average molecular weight is 218 g/mol. The summed E-state index contributed by atoms with van der Waals surface area (Å²) in [6.45, 7) is -3.00. The van der Waals surface area contributed by atoms with Gasteiger partial charge in [0.25, 0.3) is 0 Å². The lowest BCUT2D eigenvalue weighted by Gasteiger charge is -2.07. The van der Waals surface area contributed by atoms with Gasteiger partial charge in [0, 0.05) is 6.07 Å². The van der Waals surface area contributed by atoms with Gasteiger partial charge in [-0.05, 0) is 12.1 Å². The molecule has 6 heteroatoms. The number of halogens is 2. The largest absolute Gasteiger partial charge is 0.497 e. The van der Waals surface area contributed by atoms with Crippen LogP contribution >= 0.6 is 0 Å². The Balaban J connectivity index is 3.05. The lowest BCUT2D eigenvalue weighted by molar-refractivity contribution is -0.0500. The summed E-state index contributed by atoms with van der Waals surface area (Å²) in [5.74, 6) is -1.35. The molecule has 0 spiro atoms. The highest BCUT2D eigenvalue weighted by Gasteiger charge is 2.11. The second-order valence-electron chi connectivity index (χ2n) is 2.58. The van der Waals surface area contributed by atoms with Gasteiger partial charge in [-0.2, -0.15) is 8.78 Å². The SMILES string of the molecule is COc1cc(OC(F)F)cc(C(=O)O)c1. The number of hydrogen-bond donors (Lipinski definition) is 1. The van der Waals surface area contributed by atoms with Crippen LogP contribution in [0, 0.1) is 0 Å². The van der Waals surface area contributed by atoms with Gasteiger partial charge in [-0.1, -0.05) is 0 Å². The number of aromatic carboxylic acids is 1. The van der Waals surface area contributed by atoms with Gasteiger partial charge in [0.2, 0.25) is 0 Å². The molecule has 0 heterocycles. The van der Waals surface area contributed by atoms with Gasteiger partial charge in [-0.15, -0.1) is 0 Å². The van der Waals surface area contributed by atoms with E-state index in [0.717, 1.165) is 6.07 Å². The van der Waals surface area contributed by atoms with Crippen molar-refractivity contribution in [2.75, 3.05) is 7.11 Å². The van der Waals surface area contributed by atoms with Crippen molar-refractivity contribution >= 4 is 5.97 Å². The predicted molar refractivity (Wildman–Crippen MR) is 46.6 cm³/mol. The molecule has 0 aliphatic carbocycles. The van der Waals surface area contributed by atoms with Crippen molar-refractivity contribution in [3.63, 3.8) is 0 Å². The van der Waals surface area contributed by atoms with Gasteiger partial charge >= 0.3 is 12.6 Å². The Morgan fingerprint density at radius 3 is 2.40 bits per heavy atom. The maximum atomic E-state index is 11.9. The van der Waals surface area contributed by atoms with Crippen molar-refractivity contribution in [3.8, 4) is 11.5 Å². The molecule has 0 aliphatic rings. The summed E-state index contributed by atoms with van der Waals surface area (Å²) in [7, 11) is 1.30. The Labute approximate surface area is 84.0 Å². The molecule has 0 aliphatic heterocycles. The Morgan fingerprint density at radius 2 is 1.93 bits per heavy atom. The van der Waals surface area contributed by atoms with Crippen LogP contribution in [0.15, 0.2) is 18.2 Å². The Hall–Kier alpha value is -1.85. The zero-order chi connectivity index (χ0) is 11.4. The molecule has 0 fully saturated rings. The van der Waals surface area contributed by atoms with Crippen LogP contribution in [0.2, 0.25) is 0 Å². The Morgan fingerprint density at radius 1 is 1.33 bits per heavy atom. The van der Waals surface area contributed by atoms with Crippen LogP contribution < -0.4 is 9.47 Å². The van der Waals surface area contributed by atoms with Crippen molar-refractivity contribution in [3.05, 3.63) is 23.8 Å². The second kappa shape index (κ2) is 4.59. The molecule has 0 saturated heterocycles. The van der Waals surface area contributed by atoms with Gasteiger partial charge in [0.1, 0.15) is 11.5 Å². The van der Waals surface area contributed by atoms with E-state index in [9.17, 15) is 13.6 Å². The van der Waals surface area contributed by atoms with Crippen LogP contribution in [-0.2, 0) is 0 Å². The van der Waals surface area contributed by atoms with Gasteiger partial charge in [-0.3, -0.25) is 0 Å². The minimum atomic E-state index is -3.00. The zero-order valence-corrected chi connectivity index (χ0v) is 7.74. The molecule has 15 heavy (non-hydrogen) atoms. The van der Waals surface area contributed by atoms with E-state index in [2.05, 4.69) is 4.74 Å². The van der Waals surface area contributed by atoms with Crippen molar-refractivity contribution in [1.82, 2.24) is 0 Å². The molecule has 0 atom stereocenters. The fourth-order valence-electron chi connectivity index (χ4n) is 0.984. The summed E-state index contributed by atoms with van der Waals surface area (Å²) in [4.78, 5) is 10.6. The number of carboxylic acids is 1. The highest BCUT2D eigenvalue weighted by atomic mass is 19.3. The lowest BCUT2D eigenvalue weighted by atomic mass is 10.2. The molecule has 82 valence electrons. The number of rotatable bonds is 4. The second-order valence-corrected chi connectivity index (χ2v) is 2.58. The zero-order valence-electron chi connectivity index (χ0n) is 7.74. The minimum absolute atomic E-state index is 0.144. The van der Waals surface area contributed by atoms with Gasteiger partial charge in [-0.25, -0.2) is 4.79 Å². The fourth-order valence-corrected chi connectivity index (χ4v) is 0.984. The van der Waals surface area contributed by atoms with E-state index in [-0.39, 0.29) is 17.1 Å². The number of carboxylic acid groups (broad SMARTS) is 1. The molecule has 1 aromatic carbocycles. The van der Waals surface area contributed by atoms with E-state index in [4.69, 9.17) is 9.84 Å². The molecule has 1 aromatic rings. The molecule has 0 amide bonds. The van der Waals surface area contributed by atoms with Crippen molar-refractivity contribution < 1.29 is 28.2 Å². The van der Waals surface area contributed by atoms with E-state index in [1.54, 1.807) is 0 Å². The molecule has 0 aromatic heterocycles. The first-order chi connectivity index (χ1) is 7.02. The van der Waals surface area contributed by atoms with Crippen molar-refractivity contribution in [2.45, 2.75) is 6.61 Å². The summed E-state index contributed by atoms with van der Waals surface area (Å²) in [6, 6.07) is 3.39. The van der Waals surface area contributed by atoms with Crippen LogP contribution in [-0.4, -0.2) is 24.8 Å². The third-order valence-corrected chi connectivity index (χ3v) is 1.59. The first-order valence-corrected chi connectivity index (χ1v) is 3.90. The Kier molecular flexibility index (Phi) is 3.43. The van der Waals surface area contributed by atoms with Gasteiger partial charge in [0.05, 0.1) is 12.7 Å². The molecule has 0 saturated carbocycles. The molecule has 4 nitrogen and oxygen atoms in total. The van der Waals surface area contributed by atoms with E-state index < -0.39 is 12.6 Å². The summed E-state index contributed by atoms with van der Waals surface area (Å²) < 4.78 is 32.6. The molecule has 1 rings (SSSR count). The number of ether oxygens (including phenoxy) is 2. The van der Waals surface area contributed by atoms with Crippen molar-refractivity contribution in [1.29, 1.82) is 0 Å². The van der Waals surface area contributed by atoms with Crippen LogP contribution in [0.5, 0.6) is 11.5 Å². The third-order valence-electron chi connectivity index (χ3n) is 1.59. The average Bonchev–Trinajstić information content (AvgIpc) is 2.16. The van der Waals surface area contributed by atoms with E-state index >= 15 is 0 Å². The first-order valence-electron chi connectivity index (χ1n) is 3.90. The Bertz CT molecular complexity index is 365. The molecule has 0 unspecified atom stereocenters. The van der Waals surface area contributed by atoms with Gasteiger partial charge in [0.15, 0.2) is 0 Å². The number of carbonyl (C=O) groups is 1. The number of methoxy groups -OCH3 is 1. The first kappa shape index (κ1) is 11.2. The van der Waals surface area contributed by atoms with Crippen molar-refractivity contribution in [2.24, 2.45) is 0 Å². The van der Waals surface area contributed by atoms with Crippen LogP contribution in [0.3, 0.4) is 0 Å². The maximum Gasteiger partial charge on any atom is 0.387 e. The smallest absolute Gasteiger partial charge is 0.387 e. The summed E-state index contributed by atoms with van der Waals surface area (Å²) in [6.07, 6.45) is 0. The minimum Gasteiger partial charge on any atom is -0.497 e. The summed E-state index contributed by atoms with van der Waals surface area (Å²) in [5.41, 5.74) is -0.176. The summed E-state index contributed by atoms with van der Waals surface area (Å²) >= 11 is 0. The van der Waals surface area contributed by atoms with E-state index in [0.29, 0.717) is 0 Å². The molecule has 0 radical (unpaired) electrons. The van der Waals surface area contributed by atoms with Crippen LogP contribution in [0.25, 0.3) is 0 Å². The third kappa shape index (κ3) is 3.08. The maximum absolute atomic E-state index is 11.9. The van der Waals surface area contributed by atoms with Gasteiger partial charge < -0.3 is 14.6 Å². The van der Waals surface area contributed by atoms with E-state index in [1.165, 1.54) is 19.2 Å². The lowest BCUT2D eigenvalue weighted by Crippen LogP contribution is -2.04. The predicted octanol–water partition coefficient (Wildman–Crippen LogP) is 1.99. The van der Waals surface area contributed by atoms with Crippen LogP contribution in [0.1, 0.15) is 10.4 Å². The highest BCUT2D eigenvalue weighted by molar-refractivity contribution is 5.88. The summed E-state index contributed by atoms with van der Waals surface area (Å²) in [5, 5.41) is 8.66. The molecular weight excluding hydrogens is 210 g/mol. The molecule has 1 N–H and O–H groups in total. The number of benzene rings is 1. The normalized spacial score (nSPS) is 10.1. The monoisotopic (exact) mass is 218 g/mol. The fraction of sp³-hybridized carbons (Fsp3) is 0.222. The number of alkyl halides is 2. The van der Waals surface area contributed by atoms with E-state index in [1.807, 2.05) is 0 Å². The molecular formula is C9H8F2O4. The standard InChI is InChI=1S/C9H8F2O4/c1-14-6-2-5(8(12)13)3-7(4-6)15-9(10)11/h2-4,9H,1H3,(H,12,13). The number of hydrogen-bond acceptors (Lipinski definition) is 3.